The third-order valence-electron chi connectivity index (χ3n) is 2.67. The molecule has 1 aromatic carbocycles. The van der Waals surface area contributed by atoms with Crippen LogP contribution in [0.5, 0.6) is 5.75 Å². The number of anilines is 1. The Morgan fingerprint density at radius 3 is 2.79 bits per heavy atom. The van der Waals surface area contributed by atoms with E-state index in [1.165, 1.54) is 0 Å². The van der Waals surface area contributed by atoms with Crippen LogP contribution in [0.3, 0.4) is 0 Å². The molecule has 1 aromatic heterocycles. The van der Waals surface area contributed by atoms with Crippen molar-refractivity contribution in [2.75, 3.05) is 5.32 Å². The van der Waals surface area contributed by atoms with E-state index in [-0.39, 0.29) is 18.3 Å². The monoisotopic (exact) mass is 260 g/mol. The molecule has 0 saturated heterocycles. The van der Waals surface area contributed by atoms with Gasteiger partial charge in [0.15, 0.2) is 0 Å². The van der Waals surface area contributed by atoms with Gasteiger partial charge in [-0.3, -0.25) is 10.00 Å². The summed E-state index contributed by atoms with van der Waals surface area (Å²) < 4.78 is 1.59. The first-order chi connectivity index (χ1) is 9.06. The van der Waals surface area contributed by atoms with Gasteiger partial charge in [0, 0.05) is 25.2 Å². The molecule has 0 spiro atoms. The summed E-state index contributed by atoms with van der Waals surface area (Å²) in [7, 11) is 1.76. The molecule has 1 heterocycles. The fraction of sp³-hybridized carbons (Fsp3) is 0.231. The van der Waals surface area contributed by atoms with E-state index < -0.39 is 0 Å². The molecule has 100 valence electrons. The zero-order valence-corrected chi connectivity index (χ0v) is 10.8. The molecule has 0 aliphatic heterocycles. The van der Waals surface area contributed by atoms with E-state index in [2.05, 4.69) is 15.7 Å². The number of carbonyl (C=O) groups is 1. The van der Waals surface area contributed by atoms with Crippen molar-refractivity contribution in [1.29, 1.82) is 0 Å². The summed E-state index contributed by atoms with van der Waals surface area (Å²) in [6.45, 7) is 2.11. The quantitative estimate of drug-likeness (QED) is 0.786. The second-order valence-corrected chi connectivity index (χ2v) is 4.23. The molecule has 0 saturated carbocycles. The zero-order chi connectivity index (χ0) is 13.8. The topological polar surface area (TPSA) is 79.2 Å². The minimum atomic E-state index is -0.341. The molecule has 0 radical (unpaired) electrons. The number of urea groups is 1. The lowest BCUT2D eigenvalue weighted by atomic mass is 10.2. The van der Waals surface area contributed by atoms with Gasteiger partial charge in [-0.25, -0.2) is 4.79 Å². The average Bonchev–Trinajstić information content (AvgIpc) is 2.67. The third-order valence-corrected chi connectivity index (χ3v) is 2.67. The van der Waals surface area contributed by atoms with Crippen molar-refractivity contribution in [3.05, 3.63) is 41.6 Å². The Labute approximate surface area is 111 Å². The van der Waals surface area contributed by atoms with Crippen LogP contribution in [0.1, 0.15) is 11.3 Å². The third kappa shape index (κ3) is 3.25. The fourth-order valence-electron chi connectivity index (χ4n) is 1.72. The number of rotatable bonds is 3. The standard InChI is InChI=1S/C13H16N4O2/c1-9-7-12(17(2)16-9)15-13(19)14-8-10-5-3-4-6-11(10)18/h3-7,18H,8H2,1-2H3,(H2,14,15,19). The van der Waals surface area contributed by atoms with Crippen LogP contribution in [-0.2, 0) is 13.6 Å². The number of para-hydroxylation sites is 1. The summed E-state index contributed by atoms with van der Waals surface area (Å²) >= 11 is 0. The number of aryl methyl sites for hydroxylation is 2. The van der Waals surface area contributed by atoms with Gasteiger partial charge in [0.1, 0.15) is 11.6 Å². The zero-order valence-electron chi connectivity index (χ0n) is 10.8. The van der Waals surface area contributed by atoms with Gasteiger partial charge in [-0.2, -0.15) is 5.10 Å². The van der Waals surface area contributed by atoms with E-state index in [9.17, 15) is 9.90 Å². The maximum Gasteiger partial charge on any atom is 0.320 e. The van der Waals surface area contributed by atoms with Crippen molar-refractivity contribution in [3.63, 3.8) is 0 Å². The molecule has 2 rings (SSSR count). The number of benzene rings is 1. The summed E-state index contributed by atoms with van der Waals surface area (Å²) in [5.74, 6) is 0.784. The van der Waals surface area contributed by atoms with Gasteiger partial charge >= 0.3 is 6.03 Å². The minimum absolute atomic E-state index is 0.166. The number of carbonyl (C=O) groups excluding carboxylic acids is 1. The first-order valence-electron chi connectivity index (χ1n) is 5.88. The number of aromatic nitrogens is 2. The SMILES string of the molecule is Cc1cc(NC(=O)NCc2ccccc2O)n(C)n1. The van der Waals surface area contributed by atoms with Crippen molar-refractivity contribution in [3.8, 4) is 5.75 Å². The second kappa shape index (κ2) is 5.43. The Bertz CT molecular complexity index is 592. The molecule has 0 aliphatic carbocycles. The molecular formula is C13H16N4O2. The Morgan fingerprint density at radius 1 is 1.42 bits per heavy atom. The summed E-state index contributed by atoms with van der Waals surface area (Å²) in [5.41, 5.74) is 1.50. The second-order valence-electron chi connectivity index (χ2n) is 4.23. The van der Waals surface area contributed by atoms with Crippen LogP contribution >= 0.6 is 0 Å². The first-order valence-corrected chi connectivity index (χ1v) is 5.88. The number of amides is 2. The van der Waals surface area contributed by atoms with E-state index in [1.807, 2.05) is 6.92 Å². The predicted molar refractivity (Wildman–Crippen MR) is 71.9 cm³/mol. The number of aromatic hydroxyl groups is 1. The van der Waals surface area contributed by atoms with Crippen LogP contribution in [0, 0.1) is 6.92 Å². The van der Waals surface area contributed by atoms with E-state index >= 15 is 0 Å². The number of phenolic OH excluding ortho intramolecular Hbond substituents is 1. The van der Waals surface area contributed by atoms with Gasteiger partial charge in [0.05, 0.1) is 5.69 Å². The van der Waals surface area contributed by atoms with Crippen molar-refractivity contribution in [2.45, 2.75) is 13.5 Å². The lowest BCUT2D eigenvalue weighted by Gasteiger charge is -2.08. The molecule has 3 N–H and O–H groups in total. The number of hydrogen-bond acceptors (Lipinski definition) is 3. The highest BCUT2D eigenvalue weighted by molar-refractivity contribution is 5.88. The highest BCUT2D eigenvalue weighted by atomic mass is 16.3. The van der Waals surface area contributed by atoms with Crippen LogP contribution in [0.2, 0.25) is 0 Å². The minimum Gasteiger partial charge on any atom is -0.508 e. The van der Waals surface area contributed by atoms with Crippen LogP contribution in [0.15, 0.2) is 30.3 Å². The molecule has 6 nitrogen and oxygen atoms in total. The Hall–Kier alpha value is -2.50. The normalized spacial score (nSPS) is 10.2. The van der Waals surface area contributed by atoms with Gasteiger partial charge in [0.25, 0.3) is 0 Å². The summed E-state index contributed by atoms with van der Waals surface area (Å²) in [5, 5.41) is 19.1. The molecule has 0 unspecified atom stereocenters. The summed E-state index contributed by atoms with van der Waals surface area (Å²) in [6, 6.07) is 8.31. The number of nitrogens with zero attached hydrogens (tertiary/aromatic N) is 2. The highest BCUT2D eigenvalue weighted by Gasteiger charge is 2.07. The van der Waals surface area contributed by atoms with Crippen molar-refractivity contribution < 1.29 is 9.90 Å². The van der Waals surface area contributed by atoms with Gasteiger partial charge in [-0.05, 0) is 13.0 Å². The number of phenols is 1. The van der Waals surface area contributed by atoms with Crippen LogP contribution in [0.25, 0.3) is 0 Å². The van der Waals surface area contributed by atoms with Crippen molar-refractivity contribution >= 4 is 11.8 Å². The summed E-state index contributed by atoms with van der Waals surface area (Å²) in [6.07, 6.45) is 0. The molecule has 0 atom stereocenters. The number of nitrogens with one attached hydrogen (secondary N) is 2. The molecular weight excluding hydrogens is 244 g/mol. The summed E-state index contributed by atoms with van der Waals surface area (Å²) in [4.78, 5) is 11.7. The molecule has 0 aliphatic rings. The van der Waals surface area contributed by atoms with Crippen LogP contribution < -0.4 is 10.6 Å². The van der Waals surface area contributed by atoms with Crippen LogP contribution in [0.4, 0.5) is 10.6 Å². The predicted octanol–water partition coefficient (Wildman–Crippen LogP) is 1.76. The van der Waals surface area contributed by atoms with Gasteiger partial charge in [0.2, 0.25) is 0 Å². The molecule has 2 aromatic rings. The molecule has 2 amide bonds. The van der Waals surface area contributed by atoms with Gasteiger partial charge < -0.3 is 10.4 Å². The maximum atomic E-state index is 11.7. The van der Waals surface area contributed by atoms with E-state index in [0.29, 0.717) is 11.4 Å². The highest BCUT2D eigenvalue weighted by Crippen LogP contribution is 2.15. The van der Waals surface area contributed by atoms with E-state index in [4.69, 9.17) is 0 Å². The number of hydrogen-bond donors (Lipinski definition) is 3. The first kappa shape index (κ1) is 12.9. The molecule has 0 bridgehead atoms. The molecule has 0 fully saturated rings. The Kier molecular flexibility index (Phi) is 3.70. The van der Waals surface area contributed by atoms with Gasteiger partial charge in [-0.15, -0.1) is 0 Å². The van der Waals surface area contributed by atoms with Crippen LogP contribution in [-0.4, -0.2) is 20.9 Å². The molecule has 6 heteroatoms. The Balaban J connectivity index is 1.92. The lowest BCUT2D eigenvalue weighted by molar-refractivity contribution is 0.251. The van der Waals surface area contributed by atoms with E-state index in [0.717, 1.165) is 5.69 Å². The smallest absolute Gasteiger partial charge is 0.320 e. The Morgan fingerprint density at radius 2 is 2.16 bits per heavy atom. The largest absolute Gasteiger partial charge is 0.508 e. The maximum absolute atomic E-state index is 11.7. The van der Waals surface area contributed by atoms with Crippen molar-refractivity contribution in [1.82, 2.24) is 15.1 Å². The lowest BCUT2D eigenvalue weighted by Crippen LogP contribution is -2.29. The van der Waals surface area contributed by atoms with Gasteiger partial charge in [-0.1, -0.05) is 18.2 Å². The van der Waals surface area contributed by atoms with Crippen molar-refractivity contribution in [2.24, 2.45) is 7.05 Å². The molecule has 19 heavy (non-hydrogen) atoms. The average molecular weight is 260 g/mol. The van der Waals surface area contributed by atoms with E-state index in [1.54, 1.807) is 42.1 Å². The fourth-order valence-corrected chi connectivity index (χ4v) is 1.72.